The van der Waals surface area contributed by atoms with Crippen LogP contribution in [0.3, 0.4) is 0 Å². The summed E-state index contributed by atoms with van der Waals surface area (Å²) in [6, 6.07) is 13.4. The molecule has 3 heterocycles. The average molecular weight is 392 g/mol. The van der Waals surface area contributed by atoms with Gasteiger partial charge in [-0.3, -0.25) is 9.59 Å². The summed E-state index contributed by atoms with van der Waals surface area (Å²) >= 11 is 0. The number of anilines is 1. The molecule has 2 aliphatic heterocycles. The molecule has 2 amide bonds. The molecule has 7 heteroatoms. The maximum absolute atomic E-state index is 12.9. The topological polar surface area (TPSA) is 83.9 Å². The van der Waals surface area contributed by atoms with Gasteiger partial charge in [-0.05, 0) is 37.0 Å². The van der Waals surface area contributed by atoms with Crippen LogP contribution < -0.4 is 5.32 Å². The third-order valence-electron chi connectivity index (χ3n) is 5.33. The van der Waals surface area contributed by atoms with Gasteiger partial charge in [0.1, 0.15) is 11.5 Å². The lowest BCUT2D eigenvalue weighted by atomic mass is 9.96. The number of aromatic nitrogens is 1. The van der Waals surface area contributed by atoms with Crippen molar-refractivity contribution in [3.63, 3.8) is 0 Å². The van der Waals surface area contributed by atoms with Crippen LogP contribution in [0.4, 0.5) is 5.82 Å². The Kier molecular flexibility index (Phi) is 5.55. The highest BCUT2D eigenvalue weighted by molar-refractivity contribution is 6.39. The lowest BCUT2D eigenvalue weighted by Gasteiger charge is -2.31. The lowest BCUT2D eigenvalue weighted by Crippen LogP contribution is -2.46. The molecule has 2 aromatic rings. The Hall–Kier alpha value is -3.22. The maximum Gasteiger partial charge on any atom is 0.271 e. The summed E-state index contributed by atoms with van der Waals surface area (Å²) in [5.41, 5.74) is 2.45. The van der Waals surface area contributed by atoms with Crippen molar-refractivity contribution in [3.8, 4) is 0 Å². The molecule has 1 saturated heterocycles. The minimum atomic E-state index is -0.261. The third-order valence-corrected chi connectivity index (χ3v) is 5.33. The van der Waals surface area contributed by atoms with Crippen LogP contribution in [0.1, 0.15) is 36.5 Å². The minimum Gasteiger partial charge on any atom is -0.387 e. The summed E-state index contributed by atoms with van der Waals surface area (Å²) in [4.78, 5) is 37.0. The van der Waals surface area contributed by atoms with Gasteiger partial charge in [0.15, 0.2) is 6.10 Å². The van der Waals surface area contributed by atoms with Crippen LogP contribution in [0.5, 0.6) is 0 Å². The third kappa shape index (κ3) is 4.45. The van der Waals surface area contributed by atoms with E-state index in [1.807, 2.05) is 43.3 Å². The van der Waals surface area contributed by atoms with Crippen molar-refractivity contribution in [1.29, 1.82) is 0 Å². The van der Waals surface area contributed by atoms with Crippen molar-refractivity contribution in [2.75, 3.05) is 18.4 Å². The van der Waals surface area contributed by atoms with Gasteiger partial charge in [0, 0.05) is 25.7 Å². The Bertz CT molecular complexity index is 911. The molecular formula is C22H24N4O3. The number of hydrogen-bond acceptors (Lipinski definition) is 5. The van der Waals surface area contributed by atoms with Gasteiger partial charge in [-0.15, -0.1) is 0 Å². The monoisotopic (exact) mass is 392 g/mol. The fourth-order valence-corrected chi connectivity index (χ4v) is 3.68. The van der Waals surface area contributed by atoms with Crippen LogP contribution in [0, 0.1) is 12.8 Å². The number of carbonyl (C=O) groups excluding carboxylic acids is 2. The summed E-state index contributed by atoms with van der Waals surface area (Å²) in [6.07, 6.45) is 3.46. The zero-order valence-corrected chi connectivity index (χ0v) is 16.4. The number of rotatable bonds is 4. The van der Waals surface area contributed by atoms with Crippen molar-refractivity contribution in [1.82, 2.24) is 9.88 Å². The number of nitrogens with one attached hydrogen (secondary N) is 1. The van der Waals surface area contributed by atoms with Crippen molar-refractivity contribution >= 4 is 23.3 Å². The number of carbonyl (C=O) groups is 2. The highest BCUT2D eigenvalue weighted by atomic mass is 16.6. The van der Waals surface area contributed by atoms with E-state index in [9.17, 15) is 9.59 Å². The molecule has 4 rings (SSSR count). The van der Waals surface area contributed by atoms with E-state index in [0.29, 0.717) is 31.0 Å². The summed E-state index contributed by atoms with van der Waals surface area (Å²) in [5, 5.41) is 6.88. The first-order valence-electron chi connectivity index (χ1n) is 9.90. The molecule has 0 radical (unpaired) electrons. The molecule has 29 heavy (non-hydrogen) atoms. The molecule has 0 unspecified atom stereocenters. The summed E-state index contributed by atoms with van der Waals surface area (Å²) in [6.45, 7) is 2.95. The van der Waals surface area contributed by atoms with Crippen LogP contribution in [0.2, 0.25) is 0 Å². The fourth-order valence-electron chi connectivity index (χ4n) is 3.68. The first-order valence-corrected chi connectivity index (χ1v) is 9.90. The largest absolute Gasteiger partial charge is 0.387 e. The van der Waals surface area contributed by atoms with Gasteiger partial charge >= 0.3 is 0 Å². The molecule has 2 atom stereocenters. The second kappa shape index (κ2) is 8.43. The van der Waals surface area contributed by atoms with Crippen LogP contribution >= 0.6 is 0 Å². The van der Waals surface area contributed by atoms with Gasteiger partial charge in [0.25, 0.3) is 5.91 Å². The minimum absolute atomic E-state index is 0.106. The highest BCUT2D eigenvalue weighted by Gasteiger charge is 2.34. The van der Waals surface area contributed by atoms with E-state index in [1.165, 1.54) is 0 Å². The van der Waals surface area contributed by atoms with E-state index in [0.717, 1.165) is 24.0 Å². The summed E-state index contributed by atoms with van der Waals surface area (Å²) in [5.74, 6) is 0.0204. The van der Waals surface area contributed by atoms with Gasteiger partial charge in [0.2, 0.25) is 5.91 Å². The van der Waals surface area contributed by atoms with Crippen LogP contribution in [0.25, 0.3) is 0 Å². The SMILES string of the molecule is Cc1ccc(NC(=O)[C@H]2CCCN(C(=O)C3=NO[C@H](c4ccccc4)C3)C2)nc1. The van der Waals surface area contributed by atoms with E-state index in [2.05, 4.69) is 15.5 Å². The number of hydrogen-bond donors (Lipinski definition) is 1. The fraction of sp³-hybridized carbons (Fsp3) is 0.364. The number of nitrogens with zero attached hydrogens (tertiary/aromatic N) is 3. The normalized spacial score (nSPS) is 21.3. The number of oxime groups is 1. The Balaban J connectivity index is 1.35. The number of amides is 2. The van der Waals surface area contributed by atoms with Gasteiger partial charge in [-0.1, -0.05) is 41.6 Å². The standard InChI is InChI=1S/C22H24N4O3/c1-15-9-10-20(23-13-15)24-21(27)17-8-5-11-26(14-17)22(28)18-12-19(29-25-18)16-6-3-2-4-7-16/h2-4,6-7,9-10,13,17,19H,5,8,11-12,14H2,1H3,(H,23,24,27)/t17-,19-/m0/s1. The number of likely N-dealkylation sites (tertiary alicyclic amines) is 1. The molecule has 0 aliphatic carbocycles. The van der Waals surface area contributed by atoms with Gasteiger partial charge in [-0.2, -0.15) is 0 Å². The number of benzene rings is 1. The van der Waals surface area contributed by atoms with E-state index in [4.69, 9.17) is 4.84 Å². The molecule has 1 aromatic carbocycles. The molecule has 0 bridgehead atoms. The van der Waals surface area contributed by atoms with Crippen molar-refractivity contribution in [2.45, 2.75) is 32.3 Å². The predicted octanol–water partition coefficient (Wildman–Crippen LogP) is 3.08. The van der Waals surface area contributed by atoms with Gasteiger partial charge in [0.05, 0.1) is 5.92 Å². The smallest absolute Gasteiger partial charge is 0.271 e. The Morgan fingerprint density at radius 1 is 1.17 bits per heavy atom. The summed E-state index contributed by atoms with van der Waals surface area (Å²) < 4.78 is 0. The molecule has 7 nitrogen and oxygen atoms in total. The van der Waals surface area contributed by atoms with E-state index >= 15 is 0 Å². The molecule has 1 aromatic heterocycles. The first kappa shape index (κ1) is 19.1. The van der Waals surface area contributed by atoms with Crippen molar-refractivity contribution in [2.24, 2.45) is 11.1 Å². The quantitative estimate of drug-likeness (QED) is 0.867. The molecule has 150 valence electrons. The van der Waals surface area contributed by atoms with Crippen LogP contribution in [-0.2, 0) is 14.4 Å². The number of pyridine rings is 1. The van der Waals surface area contributed by atoms with E-state index < -0.39 is 0 Å². The molecule has 2 aliphatic rings. The predicted molar refractivity (Wildman–Crippen MR) is 109 cm³/mol. The average Bonchev–Trinajstić information content (AvgIpc) is 3.26. The van der Waals surface area contributed by atoms with Crippen LogP contribution in [0.15, 0.2) is 53.8 Å². The number of aryl methyl sites for hydroxylation is 1. The van der Waals surface area contributed by atoms with E-state index in [1.54, 1.807) is 17.2 Å². The zero-order valence-electron chi connectivity index (χ0n) is 16.4. The Morgan fingerprint density at radius 2 is 2.00 bits per heavy atom. The van der Waals surface area contributed by atoms with Crippen LogP contribution in [-0.4, -0.2) is 40.5 Å². The summed E-state index contributed by atoms with van der Waals surface area (Å²) in [7, 11) is 0. The van der Waals surface area contributed by atoms with Crippen molar-refractivity contribution in [3.05, 3.63) is 59.8 Å². The second-order valence-corrected chi connectivity index (χ2v) is 7.55. The van der Waals surface area contributed by atoms with Gasteiger partial charge in [-0.25, -0.2) is 4.98 Å². The van der Waals surface area contributed by atoms with Gasteiger partial charge < -0.3 is 15.1 Å². The molecule has 1 N–H and O–H groups in total. The zero-order chi connectivity index (χ0) is 20.2. The Labute approximate surface area is 169 Å². The molecule has 0 spiro atoms. The van der Waals surface area contributed by atoms with E-state index in [-0.39, 0.29) is 23.8 Å². The molecule has 0 saturated carbocycles. The maximum atomic E-state index is 12.9. The lowest BCUT2D eigenvalue weighted by molar-refractivity contribution is -0.128. The molecular weight excluding hydrogens is 368 g/mol. The first-order chi connectivity index (χ1) is 14.1. The molecule has 1 fully saturated rings. The Morgan fingerprint density at radius 3 is 2.76 bits per heavy atom. The van der Waals surface area contributed by atoms with Crippen molar-refractivity contribution < 1.29 is 14.4 Å². The highest BCUT2D eigenvalue weighted by Crippen LogP contribution is 2.28. The number of piperidine rings is 1. The second-order valence-electron chi connectivity index (χ2n) is 7.55.